The Morgan fingerprint density at radius 3 is 2.43 bits per heavy atom. The number of carboxylic acids is 1. The van der Waals surface area contributed by atoms with Crippen LogP contribution in [-0.2, 0) is 0 Å². The summed E-state index contributed by atoms with van der Waals surface area (Å²) in [6.07, 6.45) is 1.40. The number of anilines is 1. The Bertz CT molecular complexity index is 658. The van der Waals surface area contributed by atoms with Crippen LogP contribution < -0.4 is 4.90 Å². The Balaban J connectivity index is 2.44. The summed E-state index contributed by atoms with van der Waals surface area (Å²) < 4.78 is 1.69. The van der Waals surface area contributed by atoms with Crippen molar-refractivity contribution in [1.82, 2.24) is 9.78 Å². The number of benzene rings is 1. The van der Waals surface area contributed by atoms with Gasteiger partial charge in [-0.05, 0) is 51.5 Å². The monoisotopic (exact) mass is 287 g/mol. The van der Waals surface area contributed by atoms with Crippen LogP contribution in [0.3, 0.4) is 0 Å². The van der Waals surface area contributed by atoms with Gasteiger partial charge >= 0.3 is 5.97 Å². The van der Waals surface area contributed by atoms with Crippen molar-refractivity contribution in [1.29, 1.82) is 0 Å². The van der Waals surface area contributed by atoms with Crippen LogP contribution in [0.1, 0.15) is 35.5 Å². The maximum atomic E-state index is 11.1. The van der Waals surface area contributed by atoms with E-state index in [1.807, 2.05) is 13.0 Å². The first-order chi connectivity index (χ1) is 9.99. The number of aryl methyl sites for hydroxylation is 1. The zero-order valence-corrected chi connectivity index (χ0v) is 12.9. The molecule has 0 radical (unpaired) electrons. The molecule has 1 aromatic heterocycles. The van der Waals surface area contributed by atoms with E-state index in [0.717, 1.165) is 24.3 Å². The zero-order chi connectivity index (χ0) is 15.6. The van der Waals surface area contributed by atoms with E-state index in [2.05, 4.69) is 36.0 Å². The van der Waals surface area contributed by atoms with E-state index in [-0.39, 0.29) is 5.56 Å². The molecule has 1 heterocycles. The number of hydrogen-bond donors (Lipinski definition) is 1. The van der Waals surface area contributed by atoms with Crippen molar-refractivity contribution in [2.45, 2.75) is 27.7 Å². The van der Waals surface area contributed by atoms with Gasteiger partial charge in [-0.1, -0.05) is 0 Å². The standard InChI is InChI=1S/C16H21N3O2/c1-5-18(6-2)13-7-8-15(11(3)9-13)19-12(4)14(10-17-19)16(20)21/h7-10H,5-6H2,1-4H3,(H,20,21). The molecule has 0 aliphatic heterocycles. The molecule has 21 heavy (non-hydrogen) atoms. The van der Waals surface area contributed by atoms with Gasteiger partial charge in [0.2, 0.25) is 0 Å². The van der Waals surface area contributed by atoms with Gasteiger partial charge in [0.15, 0.2) is 0 Å². The minimum Gasteiger partial charge on any atom is -0.478 e. The summed E-state index contributed by atoms with van der Waals surface area (Å²) in [4.78, 5) is 13.4. The molecular weight excluding hydrogens is 266 g/mol. The number of hydrogen-bond acceptors (Lipinski definition) is 3. The van der Waals surface area contributed by atoms with Gasteiger partial charge < -0.3 is 10.0 Å². The van der Waals surface area contributed by atoms with Gasteiger partial charge in [0.1, 0.15) is 5.56 Å². The highest BCUT2D eigenvalue weighted by molar-refractivity contribution is 5.88. The van der Waals surface area contributed by atoms with Crippen LogP contribution in [0.2, 0.25) is 0 Å². The van der Waals surface area contributed by atoms with Crippen molar-refractivity contribution in [3.63, 3.8) is 0 Å². The first-order valence-electron chi connectivity index (χ1n) is 7.13. The fourth-order valence-corrected chi connectivity index (χ4v) is 2.53. The highest BCUT2D eigenvalue weighted by Gasteiger charge is 2.15. The van der Waals surface area contributed by atoms with Gasteiger partial charge in [-0.25, -0.2) is 9.48 Å². The van der Waals surface area contributed by atoms with E-state index in [1.165, 1.54) is 11.9 Å². The fourth-order valence-electron chi connectivity index (χ4n) is 2.53. The number of carboxylic acid groups (broad SMARTS) is 1. The Kier molecular flexibility index (Phi) is 4.31. The molecule has 2 rings (SSSR count). The lowest BCUT2D eigenvalue weighted by atomic mass is 10.1. The van der Waals surface area contributed by atoms with E-state index >= 15 is 0 Å². The molecule has 112 valence electrons. The van der Waals surface area contributed by atoms with Crippen molar-refractivity contribution >= 4 is 11.7 Å². The zero-order valence-electron chi connectivity index (χ0n) is 12.9. The summed E-state index contributed by atoms with van der Waals surface area (Å²) in [5.74, 6) is -0.948. The van der Waals surface area contributed by atoms with Crippen molar-refractivity contribution in [2.75, 3.05) is 18.0 Å². The van der Waals surface area contributed by atoms with E-state index in [9.17, 15) is 4.79 Å². The van der Waals surface area contributed by atoms with Crippen LogP contribution >= 0.6 is 0 Å². The normalized spacial score (nSPS) is 10.7. The second-order valence-electron chi connectivity index (χ2n) is 5.00. The van der Waals surface area contributed by atoms with Crippen molar-refractivity contribution in [3.8, 4) is 5.69 Å². The molecule has 0 saturated heterocycles. The third kappa shape index (κ3) is 2.77. The Morgan fingerprint density at radius 2 is 1.95 bits per heavy atom. The molecule has 0 saturated carbocycles. The van der Waals surface area contributed by atoms with E-state index in [4.69, 9.17) is 5.11 Å². The summed E-state index contributed by atoms with van der Waals surface area (Å²) in [6.45, 7) is 9.96. The first kappa shape index (κ1) is 15.1. The lowest BCUT2D eigenvalue weighted by molar-refractivity contribution is 0.0696. The molecule has 5 heteroatoms. The molecule has 0 bridgehead atoms. The molecule has 5 nitrogen and oxygen atoms in total. The van der Waals surface area contributed by atoms with Gasteiger partial charge in [0.25, 0.3) is 0 Å². The number of nitrogens with zero attached hydrogens (tertiary/aromatic N) is 3. The first-order valence-corrected chi connectivity index (χ1v) is 7.13. The second kappa shape index (κ2) is 5.99. The summed E-state index contributed by atoms with van der Waals surface area (Å²) in [6, 6.07) is 6.16. The maximum Gasteiger partial charge on any atom is 0.339 e. The van der Waals surface area contributed by atoms with E-state index < -0.39 is 5.97 Å². The predicted molar refractivity (Wildman–Crippen MR) is 83.6 cm³/mol. The largest absolute Gasteiger partial charge is 0.478 e. The third-order valence-electron chi connectivity index (χ3n) is 3.78. The predicted octanol–water partition coefficient (Wildman–Crippen LogP) is 3.03. The van der Waals surface area contributed by atoms with E-state index in [1.54, 1.807) is 11.6 Å². The average molecular weight is 287 g/mol. The van der Waals surface area contributed by atoms with Crippen LogP contribution in [0.4, 0.5) is 5.69 Å². The molecule has 0 aliphatic carbocycles. The van der Waals surface area contributed by atoms with E-state index in [0.29, 0.717) is 5.69 Å². The molecule has 0 unspecified atom stereocenters. The van der Waals surface area contributed by atoms with Crippen molar-refractivity contribution in [3.05, 3.63) is 41.2 Å². The molecule has 0 aliphatic rings. The van der Waals surface area contributed by atoms with Crippen LogP contribution in [0.5, 0.6) is 0 Å². The molecular formula is C16H21N3O2. The van der Waals surface area contributed by atoms with Crippen LogP contribution in [-0.4, -0.2) is 33.9 Å². The van der Waals surface area contributed by atoms with Gasteiger partial charge in [0, 0.05) is 18.8 Å². The second-order valence-corrected chi connectivity index (χ2v) is 5.00. The highest BCUT2D eigenvalue weighted by Crippen LogP contribution is 2.23. The van der Waals surface area contributed by atoms with Gasteiger partial charge in [-0.15, -0.1) is 0 Å². The summed E-state index contributed by atoms with van der Waals surface area (Å²) in [7, 11) is 0. The molecule has 0 atom stereocenters. The lowest BCUT2D eigenvalue weighted by Crippen LogP contribution is -2.21. The fraction of sp³-hybridized carbons (Fsp3) is 0.375. The van der Waals surface area contributed by atoms with Crippen LogP contribution in [0.25, 0.3) is 5.69 Å². The van der Waals surface area contributed by atoms with Gasteiger partial charge in [0.05, 0.1) is 17.6 Å². The van der Waals surface area contributed by atoms with Gasteiger partial charge in [-0.3, -0.25) is 0 Å². The Hall–Kier alpha value is -2.30. The molecule has 1 N–H and O–H groups in total. The summed E-state index contributed by atoms with van der Waals surface area (Å²) in [5, 5.41) is 13.3. The van der Waals surface area contributed by atoms with Crippen molar-refractivity contribution in [2.24, 2.45) is 0 Å². The number of rotatable bonds is 5. The quantitative estimate of drug-likeness (QED) is 0.918. The topological polar surface area (TPSA) is 58.4 Å². The molecule has 1 aromatic carbocycles. The molecule has 0 amide bonds. The lowest BCUT2D eigenvalue weighted by Gasteiger charge is -2.22. The maximum absolute atomic E-state index is 11.1. The number of aromatic nitrogens is 2. The average Bonchev–Trinajstić information content (AvgIpc) is 2.82. The smallest absolute Gasteiger partial charge is 0.339 e. The number of aromatic carboxylic acids is 1. The number of carbonyl (C=O) groups is 1. The summed E-state index contributed by atoms with van der Waals surface area (Å²) in [5.41, 5.74) is 4.03. The minimum atomic E-state index is -0.948. The Morgan fingerprint density at radius 1 is 1.29 bits per heavy atom. The van der Waals surface area contributed by atoms with Crippen LogP contribution in [0, 0.1) is 13.8 Å². The molecule has 0 spiro atoms. The van der Waals surface area contributed by atoms with Crippen molar-refractivity contribution < 1.29 is 9.90 Å². The third-order valence-corrected chi connectivity index (χ3v) is 3.78. The highest BCUT2D eigenvalue weighted by atomic mass is 16.4. The molecule has 2 aromatic rings. The minimum absolute atomic E-state index is 0.238. The van der Waals surface area contributed by atoms with Gasteiger partial charge in [-0.2, -0.15) is 5.10 Å². The Labute approximate surface area is 124 Å². The van der Waals surface area contributed by atoms with Crippen LogP contribution in [0.15, 0.2) is 24.4 Å². The SMILES string of the molecule is CCN(CC)c1ccc(-n2ncc(C(=O)O)c2C)c(C)c1. The summed E-state index contributed by atoms with van der Waals surface area (Å²) >= 11 is 0. The molecule has 0 fully saturated rings.